The summed E-state index contributed by atoms with van der Waals surface area (Å²) in [7, 11) is 2.13. The molecule has 132 valence electrons. The minimum atomic E-state index is -0.460. The van der Waals surface area contributed by atoms with Crippen LogP contribution in [0, 0.1) is 6.92 Å². The molecule has 1 unspecified atom stereocenters. The molecule has 1 aromatic carbocycles. The van der Waals surface area contributed by atoms with Gasteiger partial charge in [0.25, 0.3) is 5.91 Å². The topological polar surface area (TPSA) is 76.6 Å². The number of thiophene rings is 1. The average molecular weight is 377 g/mol. The van der Waals surface area contributed by atoms with Crippen molar-refractivity contribution in [1.29, 1.82) is 0 Å². The molecule has 2 amide bonds. The lowest BCUT2D eigenvalue weighted by molar-refractivity contribution is -0.895. The highest BCUT2D eigenvalue weighted by molar-refractivity contribution is 8.00. The van der Waals surface area contributed by atoms with Crippen molar-refractivity contribution in [2.45, 2.75) is 24.8 Å². The first-order chi connectivity index (χ1) is 11.9. The fraction of sp³-hybridized carbons (Fsp3) is 0.333. The Hall–Kier alpha value is -1.83. The number of primary amides is 1. The van der Waals surface area contributed by atoms with Crippen molar-refractivity contribution in [3.63, 3.8) is 0 Å². The lowest BCUT2D eigenvalue weighted by Crippen LogP contribution is -3.08. The number of anilines is 1. The second-order valence-corrected chi connectivity index (χ2v) is 8.51. The van der Waals surface area contributed by atoms with E-state index in [-0.39, 0.29) is 5.91 Å². The molecule has 2 heterocycles. The molecular weight excluding hydrogens is 354 g/mol. The SMILES string of the molecule is Cc1ccc(SCC(=O)Nc2sc3c(c2C(N)=O)CC[NH+](C)C3)cc1. The number of fused-ring (bicyclic) bond motifs is 1. The minimum Gasteiger partial charge on any atom is -0.365 e. The number of aryl methyl sites for hydroxylation is 1. The average Bonchev–Trinajstić information content (AvgIpc) is 2.91. The second kappa shape index (κ2) is 7.59. The van der Waals surface area contributed by atoms with Gasteiger partial charge in [0.05, 0.1) is 29.8 Å². The first-order valence-corrected chi connectivity index (χ1v) is 9.99. The van der Waals surface area contributed by atoms with Crippen LogP contribution in [0.3, 0.4) is 0 Å². The molecule has 2 aromatic rings. The molecule has 0 spiro atoms. The summed E-state index contributed by atoms with van der Waals surface area (Å²) in [6, 6.07) is 8.06. The molecule has 0 radical (unpaired) electrons. The van der Waals surface area contributed by atoms with Gasteiger partial charge in [-0.2, -0.15) is 0 Å². The van der Waals surface area contributed by atoms with Crippen molar-refractivity contribution in [2.24, 2.45) is 5.73 Å². The molecule has 3 rings (SSSR count). The lowest BCUT2D eigenvalue weighted by atomic mass is 10.0. The second-order valence-electron chi connectivity index (χ2n) is 6.36. The van der Waals surface area contributed by atoms with E-state index in [1.807, 2.05) is 31.2 Å². The van der Waals surface area contributed by atoms with Crippen LogP contribution >= 0.6 is 23.1 Å². The first kappa shape index (κ1) is 18.0. The van der Waals surface area contributed by atoms with Gasteiger partial charge in [-0.15, -0.1) is 23.1 Å². The van der Waals surface area contributed by atoms with Crippen LogP contribution in [0.15, 0.2) is 29.2 Å². The Morgan fingerprint density at radius 2 is 2.04 bits per heavy atom. The van der Waals surface area contributed by atoms with Crippen LogP contribution in [0.5, 0.6) is 0 Å². The first-order valence-electron chi connectivity index (χ1n) is 8.19. The van der Waals surface area contributed by atoms with E-state index in [9.17, 15) is 9.59 Å². The van der Waals surface area contributed by atoms with Gasteiger partial charge in [0.15, 0.2) is 0 Å². The quantitative estimate of drug-likeness (QED) is 0.692. The Kier molecular flexibility index (Phi) is 5.46. The largest absolute Gasteiger partial charge is 0.365 e. The Bertz CT molecular complexity index is 799. The summed E-state index contributed by atoms with van der Waals surface area (Å²) >= 11 is 2.96. The number of likely N-dealkylation sites (N-methyl/N-ethyl adjacent to an activating group) is 1. The maximum atomic E-state index is 12.3. The zero-order valence-corrected chi connectivity index (χ0v) is 16.0. The molecule has 1 atom stereocenters. The number of amides is 2. The van der Waals surface area contributed by atoms with Crippen LogP contribution in [-0.2, 0) is 17.8 Å². The maximum absolute atomic E-state index is 12.3. The normalized spacial score (nSPS) is 16.3. The zero-order valence-electron chi connectivity index (χ0n) is 14.3. The summed E-state index contributed by atoms with van der Waals surface area (Å²) in [5, 5.41) is 3.49. The molecule has 4 N–H and O–H groups in total. The molecule has 0 bridgehead atoms. The number of carbonyl (C=O) groups excluding carboxylic acids is 2. The van der Waals surface area contributed by atoms with Gasteiger partial charge in [-0.3, -0.25) is 9.59 Å². The summed E-state index contributed by atoms with van der Waals surface area (Å²) in [5.74, 6) is -0.277. The third kappa shape index (κ3) is 4.23. The van der Waals surface area contributed by atoms with Gasteiger partial charge in [0.2, 0.25) is 5.91 Å². The van der Waals surface area contributed by atoms with E-state index in [0.29, 0.717) is 16.3 Å². The van der Waals surface area contributed by atoms with E-state index in [0.717, 1.165) is 34.8 Å². The highest BCUT2D eigenvalue weighted by Gasteiger charge is 2.28. The minimum absolute atomic E-state index is 0.118. The molecule has 1 aliphatic heterocycles. The molecule has 1 aromatic heterocycles. The van der Waals surface area contributed by atoms with Crippen LogP contribution in [-0.4, -0.2) is 31.2 Å². The predicted octanol–water partition coefficient (Wildman–Crippen LogP) is 1.46. The molecule has 25 heavy (non-hydrogen) atoms. The number of nitrogens with two attached hydrogens (primary N) is 1. The van der Waals surface area contributed by atoms with Gasteiger partial charge in [-0.05, 0) is 24.6 Å². The third-order valence-electron chi connectivity index (χ3n) is 4.25. The summed E-state index contributed by atoms with van der Waals surface area (Å²) in [6.07, 6.45) is 0.823. The van der Waals surface area contributed by atoms with Crippen molar-refractivity contribution < 1.29 is 14.5 Å². The van der Waals surface area contributed by atoms with Crippen LogP contribution < -0.4 is 16.0 Å². The van der Waals surface area contributed by atoms with Crippen LogP contribution in [0.1, 0.15) is 26.4 Å². The molecule has 0 aliphatic carbocycles. The molecule has 0 saturated heterocycles. The number of carbonyl (C=O) groups is 2. The highest BCUT2D eigenvalue weighted by Crippen LogP contribution is 2.34. The molecule has 0 saturated carbocycles. The predicted molar refractivity (Wildman–Crippen MR) is 103 cm³/mol. The van der Waals surface area contributed by atoms with E-state index < -0.39 is 5.91 Å². The fourth-order valence-electron chi connectivity index (χ4n) is 2.92. The summed E-state index contributed by atoms with van der Waals surface area (Å²) in [5.41, 5.74) is 8.29. The standard InChI is InChI=1S/C18H21N3O2S2/c1-11-3-5-12(6-4-11)24-10-15(22)20-18-16(17(19)23)13-7-8-21(2)9-14(13)25-18/h3-6H,7-10H2,1-2H3,(H2,19,23)(H,20,22)/p+1. The number of hydrogen-bond acceptors (Lipinski definition) is 4. The summed E-state index contributed by atoms with van der Waals surface area (Å²) in [4.78, 5) is 27.8. The van der Waals surface area contributed by atoms with Gasteiger partial charge in [-0.25, -0.2) is 0 Å². The number of nitrogens with one attached hydrogen (secondary N) is 2. The Balaban J connectivity index is 1.70. The zero-order chi connectivity index (χ0) is 18.0. The van der Waals surface area contributed by atoms with Crippen molar-refractivity contribution in [2.75, 3.05) is 24.7 Å². The van der Waals surface area contributed by atoms with Crippen LogP contribution in [0.2, 0.25) is 0 Å². The van der Waals surface area contributed by atoms with E-state index >= 15 is 0 Å². The molecule has 5 nitrogen and oxygen atoms in total. The number of hydrogen-bond donors (Lipinski definition) is 3. The molecule has 7 heteroatoms. The summed E-state index contributed by atoms with van der Waals surface area (Å²) < 4.78 is 0. The van der Waals surface area contributed by atoms with E-state index in [2.05, 4.69) is 12.4 Å². The van der Waals surface area contributed by atoms with E-state index in [1.165, 1.54) is 33.6 Å². The highest BCUT2D eigenvalue weighted by atomic mass is 32.2. The van der Waals surface area contributed by atoms with Gasteiger partial charge in [0.1, 0.15) is 11.5 Å². The molecular formula is C18H22N3O2S2+. The van der Waals surface area contributed by atoms with E-state index in [4.69, 9.17) is 5.73 Å². The third-order valence-corrected chi connectivity index (χ3v) is 6.40. The van der Waals surface area contributed by atoms with Gasteiger partial charge in [0, 0.05) is 11.3 Å². The lowest BCUT2D eigenvalue weighted by Gasteiger charge is -2.19. The Morgan fingerprint density at radius 1 is 1.32 bits per heavy atom. The maximum Gasteiger partial charge on any atom is 0.252 e. The number of benzene rings is 1. The van der Waals surface area contributed by atoms with Gasteiger partial charge >= 0.3 is 0 Å². The fourth-order valence-corrected chi connectivity index (χ4v) is 5.00. The number of rotatable bonds is 5. The van der Waals surface area contributed by atoms with Crippen LogP contribution in [0.4, 0.5) is 5.00 Å². The van der Waals surface area contributed by atoms with E-state index in [1.54, 1.807) is 0 Å². The van der Waals surface area contributed by atoms with Gasteiger partial charge in [-0.1, -0.05) is 17.7 Å². The molecule has 1 aliphatic rings. The van der Waals surface area contributed by atoms with Crippen molar-refractivity contribution in [3.05, 3.63) is 45.8 Å². The van der Waals surface area contributed by atoms with Gasteiger partial charge < -0.3 is 16.0 Å². The van der Waals surface area contributed by atoms with Crippen LogP contribution in [0.25, 0.3) is 0 Å². The Labute approximate surface area is 155 Å². The Morgan fingerprint density at radius 3 is 2.72 bits per heavy atom. The van der Waals surface area contributed by atoms with Crippen molar-refractivity contribution >= 4 is 39.9 Å². The monoisotopic (exact) mass is 376 g/mol. The smallest absolute Gasteiger partial charge is 0.252 e. The number of quaternary nitrogens is 1. The number of thioether (sulfide) groups is 1. The summed E-state index contributed by atoms with van der Waals surface area (Å²) in [6.45, 7) is 3.87. The molecule has 0 fully saturated rings. The van der Waals surface area contributed by atoms with Crippen molar-refractivity contribution in [1.82, 2.24) is 0 Å². The van der Waals surface area contributed by atoms with Crippen molar-refractivity contribution in [3.8, 4) is 0 Å².